The topological polar surface area (TPSA) is 76.4 Å². The molecule has 2 unspecified atom stereocenters. The van der Waals surface area contributed by atoms with E-state index in [9.17, 15) is 27.2 Å². The van der Waals surface area contributed by atoms with Crippen molar-refractivity contribution in [3.63, 3.8) is 0 Å². The summed E-state index contributed by atoms with van der Waals surface area (Å²) in [5.41, 5.74) is -0.467. The Morgan fingerprint density at radius 1 is 1.23 bits per heavy atom. The molecule has 2 aliphatic rings. The molecular weight excluding hydrogens is 484 g/mol. The molecule has 2 atom stereocenters. The zero-order valence-corrected chi connectivity index (χ0v) is 20.1. The van der Waals surface area contributed by atoms with Gasteiger partial charge >= 0.3 is 6.18 Å². The molecule has 1 fully saturated rings. The number of alkyl halides is 3. The molecule has 1 aromatic carbocycles. The van der Waals surface area contributed by atoms with Crippen molar-refractivity contribution in [2.75, 3.05) is 11.9 Å². The third kappa shape index (κ3) is 5.07. The van der Waals surface area contributed by atoms with Gasteiger partial charge < -0.3 is 10.2 Å². The highest BCUT2D eigenvalue weighted by Crippen LogP contribution is 2.43. The molecule has 0 bridgehead atoms. The van der Waals surface area contributed by atoms with Crippen LogP contribution in [0.25, 0.3) is 0 Å². The number of hydrogen-bond acceptors (Lipinski definition) is 4. The molecule has 1 saturated heterocycles. The van der Waals surface area contributed by atoms with Gasteiger partial charge in [0.15, 0.2) is 5.11 Å². The molecule has 186 valence electrons. The van der Waals surface area contributed by atoms with Gasteiger partial charge in [0.1, 0.15) is 11.4 Å². The average molecular weight is 509 g/mol. The molecule has 1 heterocycles. The van der Waals surface area contributed by atoms with E-state index < -0.39 is 41.0 Å². The Hall–Kier alpha value is -3.26. The van der Waals surface area contributed by atoms with E-state index in [0.29, 0.717) is 37.1 Å². The van der Waals surface area contributed by atoms with Crippen molar-refractivity contribution in [3.05, 3.63) is 53.5 Å². The summed E-state index contributed by atoms with van der Waals surface area (Å²) in [5, 5.41) is 11.5. The highest BCUT2D eigenvalue weighted by Gasteiger charge is 2.53. The van der Waals surface area contributed by atoms with Crippen LogP contribution >= 0.6 is 12.2 Å². The maximum atomic E-state index is 14.9. The van der Waals surface area contributed by atoms with Gasteiger partial charge in [-0.15, -0.1) is 0 Å². The van der Waals surface area contributed by atoms with E-state index in [2.05, 4.69) is 5.32 Å². The fraction of sp³-hybridized carbons (Fsp3) is 0.417. The number of aryl methyl sites for hydroxylation is 1. The Labute approximate surface area is 205 Å². The van der Waals surface area contributed by atoms with Crippen molar-refractivity contribution in [1.82, 2.24) is 10.2 Å². The molecule has 0 saturated carbocycles. The number of amides is 2. The Kier molecular flexibility index (Phi) is 7.36. The van der Waals surface area contributed by atoms with Crippen molar-refractivity contribution < 1.29 is 27.2 Å². The van der Waals surface area contributed by atoms with Crippen LogP contribution in [0.1, 0.15) is 32.3 Å². The molecule has 6 nitrogen and oxygen atoms in total. The summed E-state index contributed by atoms with van der Waals surface area (Å²) in [7, 11) is 1.57. The number of benzene rings is 1. The molecule has 0 spiro atoms. The number of rotatable bonds is 6. The number of carbonyl (C=O) groups excluding carboxylic acids is 2. The monoisotopic (exact) mass is 508 g/mol. The highest BCUT2D eigenvalue weighted by molar-refractivity contribution is 7.80. The van der Waals surface area contributed by atoms with Gasteiger partial charge in [0.2, 0.25) is 5.91 Å². The molecular formula is C24H24F4N4O2S. The first kappa shape index (κ1) is 26.3. The van der Waals surface area contributed by atoms with Gasteiger partial charge in [-0.05, 0) is 68.8 Å². The molecule has 3 rings (SSSR count). The summed E-state index contributed by atoms with van der Waals surface area (Å²) in [6.07, 6.45) is -2.01. The molecule has 1 aliphatic heterocycles. The van der Waals surface area contributed by atoms with Crippen molar-refractivity contribution in [1.29, 1.82) is 5.26 Å². The number of nitrogens with zero attached hydrogens (tertiary/aromatic N) is 3. The van der Waals surface area contributed by atoms with E-state index in [0.717, 1.165) is 10.5 Å². The van der Waals surface area contributed by atoms with Crippen LogP contribution in [0.5, 0.6) is 0 Å². The van der Waals surface area contributed by atoms with Gasteiger partial charge in [0, 0.05) is 19.2 Å². The lowest BCUT2D eigenvalue weighted by Gasteiger charge is -2.30. The Morgan fingerprint density at radius 3 is 2.40 bits per heavy atom. The van der Waals surface area contributed by atoms with Crippen LogP contribution < -0.4 is 10.2 Å². The fourth-order valence-electron chi connectivity index (χ4n) is 4.13. The summed E-state index contributed by atoms with van der Waals surface area (Å²) in [6.45, 7) is 3.09. The zero-order chi connectivity index (χ0) is 26.1. The molecule has 35 heavy (non-hydrogen) atoms. The maximum absolute atomic E-state index is 14.9. The zero-order valence-electron chi connectivity index (χ0n) is 19.3. The van der Waals surface area contributed by atoms with Gasteiger partial charge in [0.05, 0.1) is 23.6 Å². The third-order valence-corrected chi connectivity index (χ3v) is 6.44. The Bertz CT molecular complexity index is 1140. The SMILES string of the molecule is CNC(=O)CCCc1ccc(N2C(=S)N(C3=CC(C(F)(F)F)C(C#N)C=C3F)C(=O)C2(C)C)cc1. The lowest BCUT2D eigenvalue weighted by atomic mass is 9.87. The normalized spacial score (nSPS) is 22.0. The standard InChI is InChI=1S/C24H24F4N4O2S/c1-23(2)21(34)31(19-12-17(24(26,27)28)15(13-29)11-18(19)25)22(35)32(23)16-9-7-14(8-10-16)5-4-6-20(33)30-3/h7-12,15,17H,4-6H2,1-3H3,(H,30,33). The first-order valence-corrected chi connectivity index (χ1v) is 11.3. The van der Waals surface area contributed by atoms with Crippen molar-refractivity contribution in [3.8, 4) is 6.07 Å². The van der Waals surface area contributed by atoms with E-state index >= 15 is 0 Å². The number of thiocarbonyl (C=S) groups is 1. The third-order valence-electron chi connectivity index (χ3n) is 6.07. The van der Waals surface area contributed by atoms with Crippen LogP contribution in [-0.4, -0.2) is 40.6 Å². The summed E-state index contributed by atoms with van der Waals surface area (Å²) < 4.78 is 55.4. The minimum atomic E-state index is -4.81. The summed E-state index contributed by atoms with van der Waals surface area (Å²) in [4.78, 5) is 26.9. The van der Waals surface area contributed by atoms with E-state index in [4.69, 9.17) is 17.5 Å². The largest absolute Gasteiger partial charge is 0.396 e. The van der Waals surface area contributed by atoms with Crippen molar-refractivity contribution in [2.45, 2.75) is 44.8 Å². The summed E-state index contributed by atoms with van der Waals surface area (Å²) in [6, 6.07) is 8.50. The van der Waals surface area contributed by atoms with E-state index in [1.165, 1.54) is 11.0 Å². The summed E-state index contributed by atoms with van der Waals surface area (Å²) >= 11 is 5.44. The average Bonchev–Trinajstić information content (AvgIpc) is 2.97. The molecule has 1 aromatic rings. The molecule has 0 aromatic heterocycles. The second-order valence-corrected chi connectivity index (χ2v) is 9.16. The smallest absolute Gasteiger partial charge is 0.359 e. The summed E-state index contributed by atoms with van der Waals surface area (Å²) in [5.74, 6) is -5.88. The minimum absolute atomic E-state index is 0.0588. The number of nitrogens with one attached hydrogen (secondary N) is 1. The lowest BCUT2D eigenvalue weighted by Crippen LogP contribution is -2.44. The first-order chi connectivity index (χ1) is 16.3. The molecule has 1 aliphatic carbocycles. The number of halogens is 4. The van der Waals surface area contributed by atoms with Crippen LogP contribution in [0.15, 0.2) is 47.9 Å². The fourth-order valence-corrected chi connectivity index (χ4v) is 4.64. The van der Waals surface area contributed by atoms with Gasteiger partial charge in [0.25, 0.3) is 5.91 Å². The van der Waals surface area contributed by atoms with Crippen LogP contribution in [0.3, 0.4) is 0 Å². The van der Waals surface area contributed by atoms with Crippen LogP contribution in [0.4, 0.5) is 23.2 Å². The van der Waals surface area contributed by atoms with Gasteiger partial charge in [-0.25, -0.2) is 4.39 Å². The second-order valence-electron chi connectivity index (χ2n) is 8.80. The van der Waals surface area contributed by atoms with Crippen molar-refractivity contribution >= 4 is 34.8 Å². The number of hydrogen-bond donors (Lipinski definition) is 1. The van der Waals surface area contributed by atoms with Crippen LogP contribution in [0, 0.1) is 23.2 Å². The molecule has 1 N–H and O–H groups in total. The lowest BCUT2D eigenvalue weighted by molar-refractivity contribution is -0.167. The predicted octanol–water partition coefficient (Wildman–Crippen LogP) is 4.54. The van der Waals surface area contributed by atoms with Crippen LogP contribution in [0.2, 0.25) is 0 Å². The molecule has 11 heteroatoms. The molecule has 0 radical (unpaired) electrons. The maximum Gasteiger partial charge on any atom is 0.396 e. The predicted molar refractivity (Wildman–Crippen MR) is 125 cm³/mol. The van der Waals surface area contributed by atoms with Crippen LogP contribution in [-0.2, 0) is 16.0 Å². The number of anilines is 1. The van der Waals surface area contributed by atoms with E-state index in [1.54, 1.807) is 33.0 Å². The number of carbonyl (C=O) groups is 2. The van der Waals surface area contributed by atoms with Gasteiger partial charge in [-0.1, -0.05) is 12.1 Å². The Morgan fingerprint density at radius 2 is 1.86 bits per heavy atom. The van der Waals surface area contributed by atoms with E-state index in [-0.39, 0.29) is 11.0 Å². The Balaban J connectivity index is 1.90. The first-order valence-electron chi connectivity index (χ1n) is 10.9. The number of nitriles is 1. The highest BCUT2D eigenvalue weighted by atomic mass is 32.1. The minimum Gasteiger partial charge on any atom is -0.359 e. The van der Waals surface area contributed by atoms with Gasteiger partial charge in [-0.3, -0.25) is 14.5 Å². The number of allylic oxidation sites excluding steroid dienone is 3. The quantitative estimate of drug-likeness (QED) is 0.451. The molecule has 2 amide bonds. The van der Waals surface area contributed by atoms with Crippen molar-refractivity contribution in [2.24, 2.45) is 11.8 Å². The van der Waals surface area contributed by atoms with E-state index in [1.807, 2.05) is 12.1 Å². The second kappa shape index (κ2) is 9.77. The van der Waals surface area contributed by atoms with Gasteiger partial charge in [-0.2, -0.15) is 18.4 Å².